The van der Waals surface area contributed by atoms with Crippen molar-refractivity contribution in [1.82, 2.24) is 10.2 Å². The van der Waals surface area contributed by atoms with Gasteiger partial charge < -0.3 is 10.4 Å². The Labute approximate surface area is 118 Å². The Bertz CT molecular complexity index is 241. The molecule has 2 rings (SSSR count). The van der Waals surface area contributed by atoms with Crippen LogP contribution < -0.4 is 5.32 Å². The van der Waals surface area contributed by atoms with E-state index in [0.717, 1.165) is 31.1 Å². The molecular weight excluding hydrogens is 236 g/mol. The molecule has 3 heteroatoms. The molecule has 0 saturated heterocycles. The highest BCUT2D eigenvalue weighted by molar-refractivity contribution is 4.87. The number of aliphatic hydroxyl groups excluding tert-OH is 1. The van der Waals surface area contributed by atoms with E-state index in [-0.39, 0.29) is 0 Å². The van der Waals surface area contributed by atoms with Crippen molar-refractivity contribution in [1.29, 1.82) is 0 Å². The van der Waals surface area contributed by atoms with Crippen molar-refractivity contribution < 1.29 is 5.11 Å². The molecule has 112 valence electrons. The zero-order valence-corrected chi connectivity index (χ0v) is 12.6. The second-order valence-electron chi connectivity index (χ2n) is 6.37. The first-order valence-corrected chi connectivity index (χ1v) is 8.43. The molecule has 3 nitrogen and oxygen atoms in total. The summed E-state index contributed by atoms with van der Waals surface area (Å²) < 4.78 is 0. The SMILES string of the molecule is CCNC1CCCC1CN(CCO)C1CCCCC1. The molecule has 19 heavy (non-hydrogen) atoms. The Kier molecular flexibility index (Phi) is 6.62. The first-order valence-electron chi connectivity index (χ1n) is 8.43. The van der Waals surface area contributed by atoms with Gasteiger partial charge in [0.25, 0.3) is 0 Å². The number of nitrogens with zero attached hydrogens (tertiary/aromatic N) is 1. The topological polar surface area (TPSA) is 35.5 Å². The first kappa shape index (κ1) is 15.3. The number of hydrogen-bond acceptors (Lipinski definition) is 3. The largest absolute Gasteiger partial charge is 0.395 e. The smallest absolute Gasteiger partial charge is 0.0558 e. The van der Waals surface area contributed by atoms with Gasteiger partial charge in [0.15, 0.2) is 0 Å². The molecule has 2 atom stereocenters. The molecule has 0 bridgehead atoms. The minimum atomic E-state index is 0.315. The van der Waals surface area contributed by atoms with Crippen LogP contribution >= 0.6 is 0 Å². The van der Waals surface area contributed by atoms with Gasteiger partial charge in [0.1, 0.15) is 0 Å². The van der Waals surface area contributed by atoms with Crippen LogP contribution in [0.4, 0.5) is 0 Å². The third-order valence-electron chi connectivity index (χ3n) is 5.07. The highest BCUT2D eigenvalue weighted by Crippen LogP contribution is 2.29. The van der Waals surface area contributed by atoms with E-state index in [1.165, 1.54) is 57.9 Å². The van der Waals surface area contributed by atoms with E-state index in [2.05, 4.69) is 17.1 Å². The fourth-order valence-corrected chi connectivity index (χ4v) is 4.09. The molecule has 2 aliphatic rings. The third kappa shape index (κ3) is 4.44. The highest BCUT2D eigenvalue weighted by atomic mass is 16.3. The molecule has 2 N–H and O–H groups in total. The second-order valence-corrected chi connectivity index (χ2v) is 6.37. The van der Waals surface area contributed by atoms with Crippen molar-refractivity contribution in [2.45, 2.75) is 70.4 Å². The van der Waals surface area contributed by atoms with Gasteiger partial charge in [-0.25, -0.2) is 0 Å². The van der Waals surface area contributed by atoms with Crippen LogP contribution in [0.25, 0.3) is 0 Å². The van der Waals surface area contributed by atoms with Crippen LogP contribution in [-0.2, 0) is 0 Å². The van der Waals surface area contributed by atoms with Gasteiger partial charge in [-0.1, -0.05) is 32.6 Å². The molecule has 0 aliphatic heterocycles. The van der Waals surface area contributed by atoms with Crippen LogP contribution in [0.1, 0.15) is 58.3 Å². The Hall–Kier alpha value is -0.120. The van der Waals surface area contributed by atoms with Crippen molar-refractivity contribution in [2.24, 2.45) is 5.92 Å². The van der Waals surface area contributed by atoms with E-state index in [0.29, 0.717) is 6.61 Å². The number of rotatable bonds is 7. The minimum absolute atomic E-state index is 0.315. The van der Waals surface area contributed by atoms with Gasteiger partial charge in [0.05, 0.1) is 6.61 Å². The summed E-state index contributed by atoms with van der Waals surface area (Å²) in [5, 5.41) is 13.0. The zero-order chi connectivity index (χ0) is 13.5. The molecule has 2 aliphatic carbocycles. The lowest BCUT2D eigenvalue weighted by Crippen LogP contribution is -2.45. The van der Waals surface area contributed by atoms with E-state index in [9.17, 15) is 5.11 Å². The van der Waals surface area contributed by atoms with Crippen LogP contribution in [0, 0.1) is 5.92 Å². The van der Waals surface area contributed by atoms with Crippen LogP contribution in [0.3, 0.4) is 0 Å². The van der Waals surface area contributed by atoms with Gasteiger partial charge in [-0.15, -0.1) is 0 Å². The van der Waals surface area contributed by atoms with Gasteiger partial charge in [-0.05, 0) is 38.1 Å². The molecule has 0 aromatic rings. The fraction of sp³-hybridized carbons (Fsp3) is 1.00. The van der Waals surface area contributed by atoms with Gasteiger partial charge in [-0.3, -0.25) is 4.90 Å². The Morgan fingerprint density at radius 3 is 2.53 bits per heavy atom. The Morgan fingerprint density at radius 1 is 1.05 bits per heavy atom. The molecule has 0 spiro atoms. The molecule has 0 aromatic carbocycles. The molecule has 2 unspecified atom stereocenters. The molecule has 2 fully saturated rings. The van der Waals surface area contributed by atoms with Crippen molar-refractivity contribution in [2.75, 3.05) is 26.2 Å². The predicted molar refractivity (Wildman–Crippen MR) is 80.3 cm³/mol. The second kappa shape index (κ2) is 8.23. The normalized spacial score (nSPS) is 29.2. The van der Waals surface area contributed by atoms with E-state index in [1.807, 2.05) is 0 Å². The lowest BCUT2D eigenvalue weighted by Gasteiger charge is -2.37. The molecular formula is C16H32N2O. The first-order chi connectivity index (χ1) is 9.35. The molecule has 2 saturated carbocycles. The molecule has 0 aromatic heterocycles. The summed E-state index contributed by atoms with van der Waals surface area (Å²) in [7, 11) is 0. The van der Waals surface area contributed by atoms with Crippen molar-refractivity contribution >= 4 is 0 Å². The maximum Gasteiger partial charge on any atom is 0.0558 e. The number of nitrogens with one attached hydrogen (secondary N) is 1. The van der Waals surface area contributed by atoms with Crippen molar-refractivity contribution in [3.05, 3.63) is 0 Å². The highest BCUT2D eigenvalue weighted by Gasteiger charge is 2.30. The summed E-state index contributed by atoms with van der Waals surface area (Å²) in [4.78, 5) is 2.60. The fourth-order valence-electron chi connectivity index (χ4n) is 4.09. The van der Waals surface area contributed by atoms with Gasteiger partial charge in [0, 0.05) is 25.2 Å². The van der Waals surface area contributed by atoms with Crippen LogP contribution in [0.5, 0.6) is 0 Å². The van der Waals surface area contributed by atoms with E-state index in [4.69, 9.17) is 0 Å². The van der Waals surface area contributed by atoms with Gasteiger partial charge >= 0.3 is 0 Å². The average molecular weight is 268 g/mol. The van der Waals surface area contributed by atoms with Gasteiger partial charge in [-0.2, -0.15) is 0 Å². The summed E-state index contributed by atoms with van der Waals surface area (Å²) in [6.45, 7) is 5.69. The maximum absolute atomic E-state index is 9.35. The summed E-state index contributed by atoms with van der Waals surface area (Å²) >= 11 is 0. The average Bonchev–Trinajstić information content (AvgIpc) is 2.87. The van der Waals surface area contributed by atoms with Crippen LogP contribution in [0.2, 0.25) is 0 Å². The molecule has 0 heterocycles. The maximum atomic E-state index is 9.35. The molecule has 0 radical (unpaired) electrons. The Balaban J connectivity index is 1.87. The van der Waals surface area contributed by atoms with E-state index < -0.39 is 0 Å². The number of hydrogen-bond donors (Lipinski definition) is 2. The standard InChI is InChI=1S/C16H32N2O/c1-2-17-16-10-6-7-14(16)13-18(11-12-19)15-8-4-3-5-9-15/h14-17,19H,2-13H2,1H3. The monoisotopic (exact) mass is 268 g/mol. The zero-order valence-electron chi connectivity index (χ0n) is 12.6. The summed E-state index contributed by atoms with van der Waals surface area (Å²) in [5.74, 6) is 0.799. The van der Waals surface area contributed by atoms with E-state index in [1.54, 1.807) is 0 Å². The summed E-state index contributed by atoms with van der Waals surface area (Å²) in [5.41, 5.74) is 0. The van der Waals surface area contributed by atoms with E-state index >= 15 is 0 Å². The van der Waals surface area contributed by atoms with Gasteiger partial charge in [0.2, 0.25) is 0 Å². The summed E-state index contributed by atoms with van der Waals surface area (Å²) in [6.07, 6.45) is 11.0. The van der Waals surface area contributed by atoms with Crippen LogP contribution in [0.15, 0.2) is 0 Å². The minimum Gasteiger partial charge on any atom is -0.395 e. The third-order valence-corrected chi connectivity index (χ3v) is 5.07. The van der Waals surface area contributed by atoms with Crippen molar-refractivity contribution in [3.8, 4) is 0 Å². The lowest BCUT2D eigenvalue weighted by molar-refractivity contribution is 0.101. The van der Waals surface area contributed by atoms with Crippen molar-refractivity contribution in [3.63, 3.8) is 0 Å². The van der Waals surface area contributed by atoms with Crippen LogP contribution in [-0.4, -0.2) is 48.3 Å². The lowest BCUT2D eigenvalue weighted by atomic mass is 9.92. The predicted octanol–water partition coefficient (Wildman–Crippen LogP) is 2.39. The quantitative estimate of drug-likeness (QED) is 0.744. The molecule has 0 amide bonds. The summed E-state index contributed by atoms with van der Waals surface area (Å²) in [6, 6.07) is 1.46. The number of aliphatic hydroxyl groups is 1. The Morgan fingerprint density at radius 2 is 1.84 bits per heavy atom.